The van der Waals surface area contributed by atoms with Crippen LogP contribution in [0.4, 0.5) is 0 Å². The Morgan fingerprint density at radius 2 is 0.647 bits per heavy atom. The summed E-state index contributed by atoms with van der Waals surface area (Å²) in [7, 11) is 0. The van der Waals surface area contributed by atoms with Crippen molar-refractivity contribution in [2.24, 2.45) is 0 Å². The molecule has 3 aliphatic rings. The standard InChI is InChI=1S/C49H34N2/c1-48-39-24-8-11-27-42(39)49(43-28-12-9-25-40(43)48,44-29-13-10-26-41(44)48)47-50-45(37-22-14-20-35(30-37)33-16-4-2-5-17-33)32-46(51-47)38-23-15-21-36(31-38)34-18-6-3-7-19-34/h2-32H,1H3. The molecule has 0 spiro atoms. The maximum Gasteiger partial charge on any atom is 0.149 e. The van der Waals surface area contributed by atoms with Gasteiger partial charge in [0.2, 0.25) is 0 Å². The van der Waals surface area contributed by atoms with Gasteiger partial charge >= 0.3 is 0 Å². The summed E-state index contributed by atoms with van der Waals surface area (Å²) in [4.78, 5) is 11.3. The third kappa shape index (κ3) is 4.30. The van der Waals surface area contributed by atoms with Crippen molar-refractivity contribution in [1.82, 2.24) is 9.97 Å². The zero-order valence-corrected chi connectivity index (χ0v) is 28.3. The second-order valence-electron chi connectivity index (χ2n) is 13.9. The molecule has 240 valence electrons. The van der Waals surface area contributed by atoms with Crippen LogP contribution in [0.15, 0.2) is 188 Å². The topological polar surface area (TPSA) is 25.8 Å². The summed E-state index contributed by atoms with van der Waals surface area (Å²) in [6.45, 7) is 2.39. The van der Waals surface area contributed by atoms with E-state index in [1.54, 1.807) is 0 Å². The number of rotatable bonds is 5. The van der Waals surface area contributed by atoms with Gasteiger partial charge in [0.1, 0.15) is 11.2 Å². The fraction of sp³-hybridized carbons (Fsp3) is 0.0612. The molecule has 0 saturated heterocycles. The third-order valence-corrected chi connectivity index (χ3v) is 11.2. The first kappa shape index (κ1) is 29.5. The van der Waals surface area contributed by atoms with Crippen molar-refractivity contribution in [2.75, 3.05) is 0 Å². The van der Waals surface area contributed by atoms with Crippen molar-refractivity contribution >= 4 is 0 Å². The fourth-order valence-corrected chi connectivity index (χ4v) is 8.86. The molecule has 1 heterocycles. The van der Waals surface area contributed by atoms with Gasteiger partial charge in [-0.25, -0.2) is 9.97 Å². The van der Waals surface area contributed by atoms with Crippen molar-refractivity contribution in [3.05, 3.63) is 227 Å². The van der Waals surface area contributed by atoms with Gasteiger partial charge in [0.05, 0.1) is 11.4 Å². The van der Waals surface area contributed by atoms with E-state index >= 15 is 0 Å². The van der Waals surface area contributed by atoms with Gasteiger partial charge in [-0.05, 0) is 80.8 Å². The summed E-state index contributed by atoms with van der Waals surface area (Å²) in [6, 6.07) is 67.7. The Bertz CT molecular complexity index is 2380. The van der Waals surface area contributed by atoms with Gasteiger partial charge in [0, 0.05) is 16.5 Å². The molecule has 7 aromatic carbocycles. The Kier molecular flexibility index (Phi) is 6.56. The fourth-order valence-electron chi connectivity index (χ4n) is 8.86. The zero-order valence-electron chi connectivity index (χ0n) is 28.3. The molecule has 3 aliphatic carbocycles. The van der Waals surface area contributed by atoms with Crippen LogP contribution in [-0.4, -0.2) is 9.97 Å². The number of aromatic nitrogens is 2. The van der Waals surface area contributed by atoms with Crippen LogP contribution >= 0.6 is 0 Å². The molecular formula is C49H34N2. The van der Waals surface area contributed by atoms with E-state index in [0.717, 1.165) is 39.5 Å². The first-order valence-electron chi connectivity index (χ1n) is 17.7. The monoisotopic (exact) mass is 650 g/mol. The highest BCUT2D eigenvalue weighted by molar-refractivity contribution is 5.80. The van der Waals surface area contributed by atoms with Crippen molar-refractivity contribution in [3.63, 3.8) is 0 Å². The lowest BCUT2D eigenvalue weighted by molar-refractivity contribution is 0.515. The number of nitrogens with zero attached hydrogens (tertiary/aromatic N) is 2. The molecule has 0 radical (unpaired) electrons. The molecule has 11 rings (SSSR count). The highest BCUT2D eigenvalue weighted by atomic mass is 14.9. The Morgan fingerprint density at radius 1 is 0.314 bits per heavy atom. The molecule has 2 nitrogen and oxygen atoms in total. The molecule has 0 atom stereocenters. The second-order valence-corrected chi connectivity index (χ2v) is 13.9. The summed E-state index contributed by atoms with van der Waals surface area (Å²) < 4.78 is 0. The molecule has 8 aromatic rings. The molecule has 0 saturated carbocycles. The largest absolute Gasteiger partial charge is 0.231 e. The molecule has 51 heavy (non-hydrogen) atoms. The maximum atomic E-state index is 5.64. The first-order valence-corrected chi connectivity index (χ1v) is 17.7. The minimum atomic E-state index is -0.708. The van der Waals surface area contributed by atoms with Gasteiger partial charge in [-0.2, -0.15) is 0 Å². The molecule has 0 unspecified atom stereocenters. The van der Waals surface area contributed by atoms with Crippen molar-refractivity contribution in [2.45, 2.75) is 17.8 Å². The Labute approximate surface area is 298 Å². The van der Waals surface area contributed by atoms with Gasteiger partial charge in [-0.1, -0.05) is 170 Å². The zero-order chi connectivity index (χ0) is 34.0. The van der Waals surface area contributed by atoms with Crippen LogP contribution in [0.2, 0.25) is 0 Å². The number of hydrogen-bond donors (Lipinski definition) is 0. The molecule has 0 amide bonds. The smallest absolute Gasteiger partial charge is 0.149 e. The van der Waals surface area contributed by atoms with E-state index in [2.05, 4.69) is 195 Å². The average Bonchev–Trinajstić information content (AvgIpc) is 3.22. The molecule has 0 aliphatic heterocycles. The van der Waals surface area contributed by atoms with Gasteiger partial charge in [-0.3, -0.25) is 0 Å². The summed E-state index contributed by atoms with van der Waals surface area (Å²) in [5, 5.41) is 0. The molecule has 0 N–H and O–H groups in total. The van der Waals surface area contributed by atoms with Crippen LogP contribution in [0.5, 0.6) is 0 Å². The lowest BCUT2D eigenvalue weighted by Gasteiger charge is -2.54. The number of hydrogen-bond acceptors (Lipinski definition) is 2. The predicted octanol–water partition coefficient (Wildman–Crippen LogP) is 11.5. The van der Waals surface area contributed by atoms with E-state index in [9.17, 15) is 0 Å². The van der Waals surface area contributed by atoms with E-state index in [-0.39, 0.29) is 5.41 Å². The quantitative estimate of drug-likeness (QED) is 0.185. The second kappa shape index (κ2) is 11.3. The van der Waals surface area contributed by atoms with Gasteiger partial charge in [0.25, 0.3) is 0 Å². The predicted molar refractivity (Wildman–Crippen MR) is 208 cm³/mol. The van der Waals surface area contributed by atoms with Crippen molar-refractivity contribution in [3.8, 4) is 44.8 Å². The molecule has 1 aromatic heterocycles. The van der Waals surface area contributed by atoms with Gasteiger partial charge in [0.15, 0.2) is 0 Å². The Balaban J connectivity index is 1.29. The van der Waals surface area contributed by atoms with Crippen molar-refractivity contribution < 1.29 is 0 Å². The molecular weight excluding hydrogens is 617 g/mol. The third-order valence-electron chi connectivity index (χ3n) is 11.2. The highest BCUT2D eigenvalue weighted by Crippen LogP contribution is 2.63. The Hall–Kier alpha value is -6.38. The lowest BCUT2D eigenvalue weighted by Crippen LogP contribution is -2.50. The van der Waals surface area contributed by atoms with E-state index in [1.807, 2.05) is 0 Å². The van der Waals surface area contributed by atoms with Crippen LogP contribution < -0.4 is 0 Å². The van der Waals surface area contributed by atoms with Crippen LogP contribution in [0.1, 0.15) is 46.1 Å². The lowest BCUT2D eigenvalue weighted by atomic mass is 9.47. The molecule has 0 fully saturated rings. The number of benzene rings is 7. The highest BCUT2D eigenvalue weighted by Gasteiger charge is 2.58. The summed E-state index contributed by atoms with van der Waals surface area (Å²) in [5.41, 5.74) is 15.3. The van der Waals surface area contributed by atoms with Crippen LogP contribution in [0.3, 0.4) is 0 Å². The molecule has 2 heteroatoms. The Morgan fingerprint density at radius 3 is 1.06 bits per heavy atom. The van der Waals surface area contributed by atoms with E-state index in [0.29, 0.717) is 0 Å². The van der Waals surface area contributed by atoms with E-state index in [4.69, 9.17) is 9.97 Å². The van der Waals surface area contributed by atoms with Gasteiger partial charge < -0.3 is 0 Å². The SMILES string of the molecule is CC12c3ccccc3C(c3nc(-c4cccc(-c5ccccc5)c4)cc(-c4cccc(-c5ccccc5)c4)n3)(c3ccccc31)c1ccccc12. The average molecular weight is 651 g/mol. The van der Waals surface area contributed by atoms with E-state index < -0.39 is 5.41 Å². The van der Waals surface area contributed by atoms with Crippen molar-refractivity contribution in [1.29, 1.82) is 0 Å². The minimum Gasteiger partial charge on any atom is -0.231 e. The summed E-state index contributed by atoms with van der Waals surface area (Å²) >= 11 is 0. The first-order chi connectivity index (χ1) is 25.2. The normalized spacial score (nSPS) is 18.1. The molecule has 2 bridgehead atoms. The summed E-state index contributed by atoms with van der Waals surface area (Å²) in [5.74, 6) is 0.791. The van der Waals surface area contributed by atoms with E-state index in [1.165, 1.54) is 44.5 Å². The van der Waals surface area contributed by atoms with Crippen LogP contribution in [-0.2, 0) is 10.8 Å². The summed E-state index contributed by atoms with van der Waals surface area (Å²) in [6.07, 6.45) is 0. The maximum absolute atomic E-state index is 5.64. The van der Waals surface area contributed by atoms with Gasteiger partial charge in [-0.15, -0.1) is 0 Å². The minimum absolute atomic E-state index is 0.292. The van der Waals surface area contributed by atoms with Crippen LogP contribution in [0.25, 0.3) is 44.8 Å². The van der Waals surface area contributed by atoms with Crippen LogP contribution in [0, 0.1) is 0 Å².